The third-order valence-corrected chi connectivity index (χ3v) is 8.39. The Morgan fingerprint density at radius 3 is 2.46 bits per heavy atom. The van der Waals surface area contributed by atoms with E-state index in [0.29, 0.717) is 62.4 Å². The van der Waals surface area contributed by atoms with Crippen LogP contribution in [0.2, 0.25) is 0 Å². The smallest absolute Gasteiger partial charge is 0.343 e. The van der Waals surface area contributed by atoms with Gasteiger partial charge in [-0.3, -0.25) is 9.36 Å². The van der Waals surface area contributed by atoms with Gasteiger partial charge in [0, 0.05) is 0 Å². The highest BCUT2D eigenvalue weighted by atomic mass is 127. The van der Waals surface area contributed by atoms with Gasteiger partial charge in [-0.15, -0.1) is 6.42 Å². The maximum atomic E-state index is 14.1. The van der Waals surface area contributed by atoms with Crippen molar-refractivity contribution < 1.29 is 38.0 Å². The average molecular weight is 761 g/mol. The van der Waals surface area contributed by atoms with Gasteiger partial charge in [0.25, 0.3) is 5.56 Å². The monoisotopic (exact) mass is 760 g/mol. The molecule has 0 aliphatic carbocycles. The number of benzene rings is 2. The summed E-state index contributed by atoms with van der Waals surface area (Å²) >= 11 is 3.33. The maximum Gasteiger partial charge on any atom is 0.343 e. The van der Waals surface area contributed by atoms with E-state index >= 15 is 0 Å². The first-order valence-electron chi connectivity index (χ1n) is 14.4. The number of allylic oxidation sites excluding steroid dienone is 1. The van der Waals surface area contributed by atoms with Crippen LogP contribution in [0, 0.1) is 15.9 Å². The fraction of sp³-hybridized carbons (Fsp3) is 0.333. The molecule has 0 saturated heterocycles. The van der Waals surface area contributed by atoms with Crippen molar-refractivity contribution in [3.05, 3.63) is 76.0 Å². The maximum absolute atomic E-state index is 14.1. The fourth-order valence-corrected chi connectivity index (χ4v) is 6.55. The van der Waals surface area contributed by atoms with Gasteiger partial charge in [0.1, 0.15) is 6.61 Å². The van der Waals surface area contributed by atoms with Crippen LogP contribution < -0.4 is 33.8 Å². The number of fused-ring (bicyclic) bond motifs is 1. The van der Waals surface area contributed by atoms with E-state index in [-0.39, 0.29) is 31.0 Å². The van der Waals surface area contributed by atoms with Gasteiger partial charge in [-0.1, -0.05) is 23.3 Å². The number of aromatic nitrogens is 1. The minimum atomic E-state index is -0.884. The molecule has 13 heteroatoms. The molecule has 1 aliphatic heterocycles. The predicted molar refractivity (Wildman–Crippen MR) is 180 cm³/mol. The Hall–Kier alpha value is -4.29. The van der Waals surface area contributed by atoms with Gasteiger partial charge in [0.2, 0.25) is 0 Å². The number of carbonyl (C=O) groups is 2. The Morgan fingerprint density at radius 2 is 1.78 bits per heavy atom. The molecule has 0 amide bonds. The van der Waals surface area contributed by atoms with Crippen LogP contribution in [0.25, 0.3) is 6.08 Å². The van der Waals surface area contributed by atoms with E-state index in [1.54, 1.807) is 51.1 Å². The lowest BCUT2D eigenvalue weighted by Gasteiger charge is -2.25. The van der Waals surface area contributed by atoms with E-state index in [9.17, 15) is 14.4 Å². The van der Waals surface area contributed by atoms with Crippen molar-refractivity contribution in [2.45, 2.75) is 33.7 Å². The molecule has 0 saturated carbocycles. The lowest BCUT2D eigenvalue weighted by atomic mass is 9.95. The molecule has 0 unspecified atom stereocenters. The van der Waals surface area contributed by atoms with Crippen LogP contribution in [-0.4, -0.2) is 56.6 Å². The molecule has 0 N–H and O–H groups in total. The number of terminal acetylenes is 1. The number of nitrogens with zero attached hydrogens (tertiary/aromatic N) is 2. The van der Waals surface area contributed by atoms with Crippen molar-refractivity contribution in [2.24, 2.45) is 4.99 Å². The topological polar surface area (TPSA) is 124 Å². The molecule has 46 heavy (non-hydrogen) atoms. The highest BCUT2D eigenvalue weighted by molar-refractivity contribution is 14.1. The number of thiazole rings is 1. The molecule has 1 aromatic heterocycles. The Kier molecular flexibility index (Phi) is 11.9. The summed E-state index contributed by atoms with van der Waals surface area (Å²) < 4.78 is 35.7. The van der Waals surface area contributed by atoms with Gasteiger partial charge < -0.3 is 28.4 Å². The van der Waals surface area contributed by atoms with E-state index in [0.717, 1.165) is 3.57 Å². The van der Waals surface area contributed by atoms with Crippen LogP contribution in [0.4, 0.5) is 0 Å². The van der Waals surface area contributed by atoms with Crippen LogP contribution in [0.1, 0.15) is 44.9 Å². The lowest BCUT2D eigenvalue weighted by molar-refractivity contribution is -0.143. The second kappa shape index (κ2) is 15.8. The summed E-state index contributed by atoms with van der Waals surface area (Å²) in [7, 11) is 1.27. The van der Waals surface area contributed by atoms with Crippen molar-refractivity contribution in [1.82, 2.24) is 4.57 Å². The highest BCUT2D eigenvalue weighted by Crippen LogP contribution is 2.37. The fourth-order valence-electron chi connectivity index (χ4n) is 4.72. The van der Waals surface area contributed by atoms with E-state index in [2.05, 4.69) is 38.2 Å². The second-order valence-electron chi connectivity index (χ2n) is 9.56. The molecular weight excluding hydrogens is 727 g/mol. The van der Waals surface area contributed by atoms with E-state index < -0.39 is 18.0 Å². The summed E-state index contributed by atoms with van der Waals surface area (Å²) in [6, 6.07) is 7.77. The minimum Gasteiger partial charge on any atom is -0.490 e. The van der Waals surface area contributed by atoms with Crippen LogP contribution in [0.3, 0.4) is 0 Å². The zero-order chi connectivity index (χ0) is 33.4. The molecule has 0 bridgehead atoms. The molecule has 2 heterocycles. The van der Waals surface area contributed by atoms with Crippen LogP contribution in [0.15, 0.2) is 51.4 Å². The summed E-state index contributed by atoms with van der Waals surface area (Å²) in [4.78, 5) is 44.2. The van der Waals surface area contributed by atoms with E-state index in [4.69, 9.17) is 30.1 Å². The van der Waals surface area contributed by atoms with E-state index in [1.165, 1.54) is 23.0 Å². The van der Waals surface area contributed by atoms with Crippen molar-refractivity contribution >= 4 is 51.9 Å². The first-order chi connectivity index (χ1) is 22.2. The summed E-state index contributed by atoms with van der Waals surface area (Å²) in [5.74, 6) is 2.96. The Labute approximate surface area is 283 Å². The Morgan fingerprint density at radius 1 is 1.04 bits per heavy atom. The molecule has 242 valence electrons. The summed E-state index contributed by atoms with van der Waals surface area (Å²) in [5.41, 5.74) is 1.54. The summed E-state index contributed by atoms with van der Waals surface area (Å²) in [6.07, 6.45) is 7.13. The number of ether oxygens (including phenoxy) is 6. The van der Waals surface area contributed by atoms with Gasteiger partial charge in [0.15, 0.2) is 34.4 Å². The largest absolute Gasteiger partial charge is 0.490 e. The molecule has 2 aromatic carbocycles. The zero-order valence-electron chi connectivity index (χ0n) is 26.0. The minimum absolute atomic E-state index is 0.0829. The summed E-state index contributed by atoms with van der Waals surface area (Å²) in [6.45, 7) is 7.69. The van der Waals surface area contributed by atoms with Crippen LogP contribution >= 0.6 is 33.9 Å². The van der Waals surface area contributed by atoms with Crippen molar-refractivity contribution in [2.75, 3.05) is 40.1 Å². The zero-order valence-corrected chi connectivity index (χ0v) is 29.0. The second-order valence-corrected chi connectivity index (χ2v) is 11.7. The average Bonchev–Trinajstić information content (AvgIpc) is 3.33. The predicted octanol–water partition coefficient (Wildman–Crippen LogP) is 3.76. The molecular formula is C33H33IN2O9S. The molecule has 0 radical (unpaired) electrons. The number of rotatable bonds is 13. The molecule has 4 rings (SSSR count). The third-order valence-electron chi connectivity index (χ3n) is 6.60. The number of esters is 2. The first kappa shape index (κ1) is 34.6. The Bertz CT molecular complexity index is 1890. The lowest BCUT2D eigenvalue weighted by Crippen LogP contribution is -2.40. The van der Waals surface area contributed by atoms with Gasteiger partial charge in [-0.25, -0.2) is 14.6 Å². The Balaban J connectivity index is 1.90. The van der Waals surface area contributed by atoms with Gasteiger partial charge >= 0.3 is 11.9 Å². The van der Waals surface area contributed by atoms with Gasteiger partial charge in [-0.05, 0) is 91.8 Å². The first-order valence-corrected chi connectivity index (χ1v) is 16.2. The number of methoxy groups -OCH3 is 1. The van der Waals surface area contributed by atoms with Crippen molar-refractivity contribution in [3.8, 4) is 35.3 Å². The summed E-state index contributed by atoms with van der Waals surface area (Å²) in [5, 5.41) is 0. The number of hydrogen-bond donors (Lipinski definition) is 0. The molecule has 0 spiro atoms. The molecule has 3 aromatic rings. The molecule has 0 fully saturated rings. The van der Waals surface area contributed by atoms with Crippen LogP contribution in [-0.2, 0) is 19.1 Å². The number of halogens is 1. The third kappa shape index (κ3) is 7.56. The number of hydrogen-bond acceptors (Lipinski definition) is 11. The SMILES string of the molecule is C#CCOc1c(I)cc(/C=c2\sc3n(c2=O)[C@H](c2ccc(OCC(=O)OC)c(OCC)c2)C(C(=O)OCC)=C(C)N=3)cc1OCC. The molecule has 1 atom stereocenters. The normalized spacial score (nSPS) is 14.1. The quantitative estimate of drug-likeness (QED) is 0.146. The van der Waals surface area contributed by atoms with Crippen LogP contribution in [0.5, 0.6) is 23.0 Å². The van der Waals surface area contributed by atoms with Gasteiger partial charge in [0.05, 0.1) is 52.3 Å². The number of carbonyl (C=O) groups excluding carboxylic acids is 2. The molecule has 1 aliphatic rings. The molecule has 11 nitrogen and oxygen atoms in total. The van der Waals surface area contributed by atoms with Gasteiger partial charge in [-0.2, -0.15) is 0 Å². The van der Waals surface area contributed by atoms with E-state index in [1.807, 2.05) is 13.0 Å². The highest BCUT2D eigenvalue weighted by Gasteiger charge is 2.34. The van der Waals surface area contributed by atoms with Crippen molar-refractivity contribution in [3.63, 3.8) is 0 Å². The standard InChI is InChI=1S/C33H33IN2O9S/c1-7-13-44-30-22(34)14-20(15-25(30)42-9-3)16-26-31(38)36-29(28(32(39)43-10-4)19(5)35-33(36)46-26)21-11-12-23(24(17-21)41-8-2)45-18-27(37)40-6/h1,11-12,14-17,29H,8-10,13,18H2,2-6H3/b26-16-/t29-/m1/s1. The van der Waals surface area contributed by atoms with Crippen molar-refractivity contribution in [1.29, 1.82) is 0 Å².